The van der Waals surface area contributed by atoms with Crippen LogP contribution in [0, 0.1) is 11.6 Å². The van der Waals surface area contributed by atoms with Crippen LogP contribution >= 0.6 is 0 Å². The Morgan fingerprint density at radius 1 is 1.35 bits per heavy atom. The van der Waals surface area contributed by atoms with Crippen molar-refractivity contribution in [3.8, 4) is 0 Å². The maximum Gasteiger partial charge on any atom is 0.163 e. The molecule has 1 fully saturated rings. The van der Waals surface area contributed by atoms with E-state index in [0.717, 1.165) is 25.7 Å². The maximum atomic E-state index is 13.9. The van der Waals surface area contributed by atoms with Crippen LogP contribution in [0.2, 0.25) is 0 Å². The van der Waals surface area contributed by atoms with Gasteiger partial charge in [0.2, 0.25) is 0 Å². The normalized spacial score (nSPS) is 22.9. The van der Waals surface area contributed by atoms with Crippen molar-refractivity contribution in [3.63, 3.8) is 0 Å². The predicted molar refractivity (Wildman–Crippen MR) is 75.0 cm³/mol. The molecule has 0 aromatic heterocycles. The van der Waals surface area contributed by atoms with Crippen molar-refractivity contribution in [3.05, 3.63) is 35.4 Å². The summed E-state index contributed by atoms with van der Waals surface area (Å²) in [5.41, 5.74) is 2.90. The number of hydrogen-bond donors (Lipinski definition) is 2. The Morgan fingerprint density at radius 3 is 2.80 bits per heavy atom. The Morgan fingerprint density at radius 2 is 2.10 bits per heavy atom. The summed E-state index contributed by atoms with van der Waals surface area (Å²) < 4.78 is 27.2. The molecule has 20 heavy (non-hydrogen) atoms. The summed E-state index contributed by atoms with van der Waals surface area (Å²) in [4.78, 5) is 4.47. The highest BCUT2D eigenvalue weighted by Gasteiger charge is 2.27. The minimum atomic E-state index is -0.836. The Kier molecular flexibility index (Phi) is 5.04. The minimum Gasteiger partial charge on any atom is -0.304 e. The van der Waals surface area contributed by atoms with Crippen LogP contribution < -0.4 is 11.3 Å². The van der Waals surface area contributed by atoms with Crippen LogP contribution in [-0.2, 0) is 0 Å². The van der Waals surface area contributed by atoms with E-state index in [-0.39, 0.29) is 11.6 Å². The average molecular weight is 284 g/mol. The molecule has 0 spiro atoms. The van der Waals surface area contributed by atoms with E-state index in [9.17, 15) is 8.78 Å². The van der Waals surface area contributed by atoms with Crippen LogP contribution in [0.15, 0.2) is 18.2 Å². The maximum absolute atomic E-state index is 13.9. The summed E-state index contributed by atoms with van der Waals surface area (Å²) >= 11 is 0. The van der Waals surface area contributed by atoms with E-state index in [4.69, 9.17) is 5.84 Å². The molecule has 112 valence electrons. The zero-order valence-corrected chi connectivity index (χ0v) is 11.9. The van der Waals surface area contributed by atoms with Crippen LogP contribution in [0.5, 0.6) is 0 Å². The lowest BCUT2D eigenvalue weighted by molar-refractivity contribution is 0.101. The SMILES string of the molecule is CN1CCN(C)C(CC(NN)c2cccc(F)c2F)C1. The topological polar surface area (TPSA) is 44.5 Å². The number of likely N-dealkylation sites (N-methyl/N-ethyl adjacent to an activating group) is 2. The first kappa shape index (κ1) is 15.3. The number of rotatable bonds is 4. The molecule has 3 N–H and O–H groups in total. The molecule has 0 amide bonds. The van der Waals surface area contributed by atoms with E-state index in [1.54, 1.807) is 6.07 Å². The Bertz CT molecular complexity index is 455. The third-order valence-electron chi connectivity index (χ3n) is 4.05. The van der Waals surface area contributed by atoms with Crippen molar-refractivity contribution in [1.82, 2.24) is 15.2 Å². The summed E-state index contributed by atoms with van der Waals surface area (Å²) in [6.45, 7) is 2.87. The Balaban J connectivity index is 2.14. The van der Waals surface area contributed by atoms with Gasteiger partial charge in [-0.15, -0.1) is 0 Å². The highest BCUT2D eigenvalue weighted by Crippen LogP contribution is 2.25. The van der Waals surface area contributed by atoms with Crippen LogP contribution in [-0.4, -0.2) is 49.6 Å². The number of nitrogens with two attached hydrogens (primary N) is 1. The smallest absolute Gasteiger partial charge is 0.163 e. The van der Waals surface area contributed by atoms with Crippen molar-refractivity contribution in [2.24, 2.45) is 5.84 Å². The first-order chi connectivity index (χ1) is 9.52. The molecule has 0 radical (unpaired) electrons. The van der Waals surface area contributed by atoms with Gasteiger partial charge in [0, 0.05) is 31.2 Å². The molecule has 2 unspecified atom stereocenters. The van der Waals surface area contributed by atoms with Crippen LogP contribution in [0.3, 0.4) is 0 Å². The van der Waals surface area contributed by atoms with Crippen molar-refractivity contribution >= 4 is 0 Å². The average Bonchev–Trinajstić information content (AvgIpc) is 2.43. The van der Waals surface area contributed by atoms with Crippen molar-refractivity contribution in [1.29, 1.82) is 0 Å². The van der Waals surface area contributed by atoms with Gasteiger partial charge in [0.15, 0.2) is 11.6 Å². The largest absolute Gasteiger partial charge is 0.304 e. The Labute approximate surface area is 118 Å². The molecule has 0 bridgehead atoms. The molecule has 4 nitrogen and oxygen atoms in total. The van der Waals surface area contributed by atoms with Gasteiger partial charge in [-0.25, -0.2) is 8.78 Å². The molecule has 2 atom stereocenters. The number of piperazine rings is 1. The summed E-state index contributed by atoms with van der Waals surface area (Å²) in [6.07, 6.45) is 0.637. The number of nitrogens with one attached hydrogen (secondary N) is 1. The van der Waals surface area contributed by atoms with Gasteiger partial charge in [-0.05, 0) is 26.6 Å². The summed E-state index contributed by atoms with van der Waals surface area (Å²) in [6, 6.07) is 4.07. The van der Waals surface area contributed by atoms with Crippen LogP contribution in [0.4, 0.5) is 8.78 Å². The highest BCUT2D eigenvalue weighted by atomic mass is 19.2. The summed E-state index contributed by atoms with van der Waals surface area (Å²) in [5.74, 6) is 3.90. The molecule has 1 heterocycles. The second-order valence-electron chi connectivity index (χ2n) is 5.49. The molecular formula is C14H22F2N4. The zero-order valence-electron chi connectivity index (χ0n) is 11.9. The van der Waals surface area contributed by atoms with Gasteiger partial charge in [-0.3, -0.25) is 11.3 Å². The zero-order chi connectivity index (χ0) is 14.7. The molecule has 1 aliphatic rings. The van der Waals surface area contributed by atoms with Crippen LogP contribution in [0.25, 0.3) is 0 Å². The van der Waals surface area contributed by atoms with Gasteiger partial charge in [0.05, 0.1) is 6.04 Å². The van der Waals surface area contributed by atoms with Crippen molar-refractivity contribution in [2.75, 3.05) is 33.7 Å². The van der Waals surface area contributed by atoms with E-state index in [1.807, 2.05) is 7.05 Å². The van der Waals surface area contributed by atoms with E-state index >= 15 is 0 Å². The highest BCUT2D eigenvalue weighted by molar-refractivity contribution is 5.22. The minimum absolute atomic E-state index is 0.262. The Hall–Kier alpha value is -1.08. The second kappa shape index (κ2) is 6.58. The standard InChI is InChI=1S/C14H22F2N4/c1-19-6-7-20(2)10(9-19)8-13(18-17)11-4-3-5-12(15)14(11)16/h3-5,10,13,18H,6-9,17H2,1-2H3. The summed E-state index contributed by atoms with van der Waals surface area (Å²) in [5, 5.41) is 0. The molecule has 0 saturated carbocycles. The number of nitrogens with zero attached hydrogens (tertiary/aromatic N) is 2. The van der Waals surface area contributed by atoms with Crippen molar-refractivity contribution < 1.29 is 8.78 Å². The number of benzene rings is 1. The fourth-order valence-corrected chi connectivity index (χ4v) is 2.70. The lowest BCUT2D eigenvalue weighted by Crippen LogP contribution is -2.51. The first-order valence-electron chi connectivity index (χ1n) is 6.81. The van der Waals surface area contributed by atoms with Gasteiger partial charge in [-0.2, -0.15) is 0 Å². The third kappa shape index (κ3) is 3.32. The van der Waals surface area contributed by atoms with Gasteiger partial charge in [-0.1, -0.05) is 12.1 Å². The van der Waals surface area contributed by atoms with E-state index in [0.29, 0.717) is 6.42 Å². The van der Waals surface area contributed by atoms with E-state index < -0.39 is 17.7 Å². The number of hydrazine groups is 1. The van der Waals surface area contributed by atoms with E-state index in [1.165, 1.54) is 6.07 Å². The van der Waals surface area contributed by atoms with Crippen molar-refractivity contribution in [2.45, 2.75) is 18.5 Å². The number of halogens is 2. The van der Waals surface area contributed by atoms with E-state index in [2.05, 4.69) is 22.3 Å². The molecule has 1 aromatic rings. The third-order valence-corrected chi connectivity index (χ3v) is 4.05. The lowest BCUT2D eigenvalue weighted by atomic mass is 9.97. The van der Waals surface area contributed by atoms with Crippen LogP contribution in [0.1, 0.15) is 18.0 Å². The van der Waals surface area contributed by atoms with Gasteiger partial charge in [0.25, 0.3) is 0 Å². The first-order valence-corrected chi connectivity index (χ1v) is 6.81. The molecule has 1 aromatic carbocycles. The molecule has 0 aliphatic carbocycles. The summed E-state index contributed by atoms with van der Waals surface area (Å²) in [7, 11) is 4.11. The quantitative estimate of drug-likeness (QED) is 0.642. The van der Waals surface area contributed by atoms with Gasteiger partial charge in [0.1, 0.15) is 0 Å². The molecular weight excluding hydrogens is 262 g/mol. The molecule has 1 aliphatic heterocycles. The predicted octanol–water partition coefficient (Wildman–Crippen LogP) is 1.11. The fraction of sp³-hybridized carbons (Fsp3) is 0.571. The molecule has 6 heteroatoms. The monoisotopic (exact) mass is 284 g/mol. The lowest BCUT2D eigenvalue weighted by Gasteiger charge is -2.39. The molecule has 1 saturated heterocycles. The molecule has 2 rings (SSSR count). The second-order valence-corrected chi connectivity index (χ2v) is 5.49. The fourth-order valence-electron chi connectivity index (χ4n) is 2.70. The number of hydrogen-bond acceptors (Lipinski definition) is 4. The van der Waals surface area contributed by atoms with Gasteiger partial charge < -0.3 is 9.80 Å². The van der Waals surface area contributed by atoms with Gasteiger partial charge >= 0.3 is 0 Å².